The van der Waals surface area contributed by atoms with Crippen LogP contribution < -0.4 is 10.6 Å². The summed E-state index contributed by atoms with van der Waals surface area (Å²) in [5, 5.41) is 16.7. The zero-order valence-corrected chi connectivity index (χ0v) is 25.5. The van der Waals surface area contributed by atoms with Crippen LogP contribution in [0.3, 0.4) is 0 Å². The van der Waals surface area contributed by atoms with E-state index in [1.807, 2.05) is 20.8 Å². The smallest absolute Gasteiger partial charge is 0.408 e. The van der Waals surface area contributed by atoms with Crippen molar-refractivity contribution in [3.8, 4) is 5.75 Å². The van der Waals surface area contributed by atoms with Crippen molar-refractivity contribution in [3.05, 3.63) is 29.3 Å². The average Bonchev–Trinajstić information content (AvgIpc) is 2.80. The lowest BCUT2D eigenvalue weighted by Crippen LogP contribution is -2.56. The molecule has 8 nitrogen and oxygen atoms in total. The summed E-state index contributed by atoms with van der Waals surface area (Å²) in [6.07, 6.45) is 2.38. The Morgan fingerprint density at radius 2 is 1.68 bits per heavy atom. The van der Waals surface area contributed by atoms with E-state index in [0.29, 0.717) is 23.5 Å². The molecule has 9 heteroatoms. The van der Waals surface area contributed by atoms with E-state index >= 15 is 0 Å². The molecule has 0 bridgehead atoms. The van der Waals surface area contributed by atoms with Gasteiger partial charge in [0.05, 0.1) is 0 Å². The number of carbonyl (C=O) groups is 3. The summed E-state index contributed by atoms with van der Waals surface area (Å²) in [5.74, 6) is -0.490. The minimum absolute atomic E-state index is 0.00581. The van der Waals surface area contributed by atoms with Gasteiger partial charge in [-0.2, -0.15) is 12.6 Å². The highest BCUT2D eigenvalue weighted by atomic mass is 32.1. The van der Waals surface area contributed by atoms with E-state index in [1.54, 1.807) is 45.9 Å². The lowest BCUT2D eigenvalue weighted by atomic mass is 9.95. The molecule has 0 radical (unpaired) electrons. The lowest BCUT2D eigenvalue weighted by molar-refractivity contribution is -0.145. The van der Waals surface area contributed by atoms with E-state index in [4.69, 9.17) is 4.74 Å². The van der Waals surface area contributed by atoms with Gasteiger partial charge < -0.3 is 25.4 Å². The quantitative estimate of drug-likeness (QED) is 0.241. The second-order valence-corrected chi connectivity index (χ2v) is 11.9. The van der Waals surface area contributed by atoms with Crippen LogP contribution in [0.25, 0.3) is 0 Å². The maximum absolute atomic E-state index is 14.1. The SMILES string of the molecule is CCCC(C)NC(=O)C(c1cccc(C)c1O)N(C(=O)C(CS)NC(=O)OC(C)(C)C)C(C)CCC(C)C. The number of ether oxygens (including phenoxy) is 1. The van der Waals surface area contributed by atoms with Crippen LogP contribution in [0, 0.1) is 12.8 Å². The second-order valence-electron chi connectivity index (χ2n) is 11.6. The highest BCUT2D eigenvalue weighted by Gasteiger charge is 2.40. The monoisotopic (exact) mass is 551 g/mol. The minimum atomic E-state index is -1.10. The first kappa shape index (κ1) is 33.6. The molecule has 0 aliphatic heterocycles. The number of alkyl carbamates (subject to hydrolysis) is 1. The van der Waals surface area contributed by atoms with Crippen molar-refractivity contribution in [2.45, 2.75) is 118 Å². The highest BCUT2D eigenvalue weighted by Crippen LogP contribution is 2.34. The van der Waals surface area contributed by atoms with Crippen molar-refractivity contribution in [3.63, 3.8) is 0 Å². The molecule has 1 rings (SSSR count). The van der Waals surface area contributed by atoms with E-state index in [2.05, 4.69) is 37.1 Å². The molecule has 4 unspecified atom stereocenters. The van der Waals surface area contributed by atoms with Crippen molar-refractivity contribution in [2.24, 2.45) is 5.92 Å². The summed E-state index contributed by atoms with van der Waals surface area (Å²) in [4.78, 5) is 42.1. The lowest BCUT2D eigenvalue weighted by Gasteiger charge is -2.39. The van der Waals surface area contributed by atoms with Crippen LogP contribution in [0.15, 0.2) is 18.2 Å². The number of nitrogens with zero attached hydrogens (tertiary/aromatic N) is 1. The molecular weight excluding hydrogens is 502 g/mol. The maximum atomic E-state index is 14.1. The fraction of sp³-hybridized carbons (Fsp3) is 0.690. The van der Waals surface area contributed by atoms with Crippen molar-refractivity contribution >= 4 is 30.5 Å². The Labute approximate surface area is 234 Å². The Kier molecular flexibility index (Phi) is 13.5. The van der Waals surface area contributed by atoms with Gasteiger partial charge in [0.25, 0.3) is 0 Å². The summed E-state index contributed by atoms with van der Waals surface area (Å²) in [5.41, 5.74) is 0.192. The molecule has 0 aliphatic rings. The number of para-hydroxylation sites is 1. The first-order valence-corrected chi connectivity index (χ1v) is 14.3. The van der Waals surface area contributed by atoms with Crippen LogP contribution in [0.1, 0.15) is 98.2 Å². The standard InChI is InChI=1S/C29H49N3O5S/c1-10-12-20(5)30-26(34)24(22-14-11-13-19(4)25(22)33)32(21(6)16-15-18(2)3)27(35)23(17-38)31-28(36)37-29(7,8)9/h11,13-14,18,20-21,23-24,33,38H,10,12,15-17H2,1-9H3,(H,30,34)(H,31,36). The molecule has 216 valence electrons. The summed E-state index contributed by atoms with van der Waals surface area (Å²) >= 11 is 4.35. The van der Waals surface area contributed by atoms with Crippen LogP contribution in [0.5, 0.6) is 5.75 Å². The summed E-state index contributed by atoms with van der Waals surface area (Å²) < 4.78 is 5.37. The van der Waals surface area contributed by atoms with E-state index in [1.165, 1.54) is 4.90 Å². The predicted molar refractivity (Wildman–Crippen MR) is 155 cm³/mol. The van der Waals surface area contributed by atoms with E-state index in [9.17, 15) is 19.5 Å². The van der Waals surface area contributed by atoms with Gasteiger partial charge in [0.1, 0.15) is 23.4 Å². The van der Waals surface area contributed by atoms with Crippen LogP contribution in [-0.2, 0) is 14.3 Å². The van der Waals surface area contributed by atoms with Crippen LogP contribution in [-0.4, -0.2) is 57.4 Å². The largest absolute Gasteiger partial charge is 0.507 e. The molecule has 0 fully saturated rings. The van der Waals surface area contributed by atoms with E-state index < -0.39 is 29.7 Å². The maximum Gasteiger partial charge on any atom is 0.408 e. The number of phenolic OH excluding ortho intramolecular Hbond substituents is 1. The van der Waals surface area contributed by atoms with Crippen LogP contribution in [0.2, 0.25) is 0 Å². The molecular formula is C29H49N3O5S. The number of hydrogen-bond acceptors (Lipinski definition) is 6. The van der Waals surface area contributed by atoms with Gasteiger partial charge >= 0.3 is 6.09 Å². The highest BCUT2D eigenvalue weighted by molar-refractivity contribution is 7.80. The zero-order valence-electron chi connectivity index (χ0n) is 24.6. The Hall–Kier alpha value is -2.42. The molecule has 38 heavy (non-hydrogen) atoms. The fourth-order valence-corrected chi connectivity index (χ4v) is 4.52. The molecule has 0 aliphatic carbocycles. The van der Waals surface area contributed by atoms with Gasteiger partial charge in [-0.1, -0.05) is 45.4 Å². The van der Waals surface area contributed by atoms with Gasteiger partial charge in [-0.15, -0.1) is 0 Å². The van der Waals surface area contributed by atoms with E-state index in [0.717, 1.165) is 19.3 Å². The van der Waals surface area contributed by atoms with Gasteiger partial charge in [-0.05, 0) is 72.3 Å². The number of thiol groups is 1. The minimum Gasteiger partial charge on any atom is -0.507 e. The number of rotatable bonds is 13. The van der Waals surface area contributed by atoms with E-state index in [-0.39, 0.29) is 29.5 Å². The number of benzene rings is 1. The number of amides is 3. The van der Waals surface area contributed by atoms with Gasteiger partial charge in [0.2, 0.25) is 11.8 Å². The number of aromatic hydroxyl groups is 1. The van der Waals surface area contributed by atoms with Crippen molar-refractivity contribution in [2.75, 3.05) is 5.75 Å². The predicted octanol–water partition coefficient (Wildman–Crippen LogP) is 5.52. The van der Waals surface area contributed by atoms with Crippen molar-refractivity contribution < 1.29 is 24.2 Å². The Bertz CT molecular complexity index is 931. The molecule has 0 spiro atoms. The number of hydrogen-bond donors (Lipinski definition) is 4. The third kappa shape index (κ3) is 10.4. The molecule has 1 aromatic carbocycles. The molecule has 0 saturated carbocycles. The van der Waals surface area contributed by atoms with Crippen molar-refractivity contribution in [1.29, 1.82) is 0 Å². The first-order chi connectivity index (χ1) is 17.6. The Balaban J connectivity index is 3.62. The molecule has 4 atom stereocenters. The molecule has 0 heterocycles. The second kappa shape index (κ2) is 15.2. The Morgan fingerprint density at radius 3 is 2.21 bits per heavy atom. The topological polar surface area (TPSA) is 108 Å². The number of phenols is 1. The van der Waals surface area contributed by atoms with Gasteiger partial charge in [0, 0.05) is 23.4 Å². The molecule has 1 aromatic rings. The molecule has 3 amide bonds. The fourth-order valence-electron chi connectivity index (χ4n) is 4.27. The summed E-state index contributed by atoms with van der Waals surface area (Å²) in [6, 6.07) is 2.55. The third-order valence-electron chi connectivity index (χ3n) is 6.26. The number of carbonyl (C=O) groups excluding carboxylic acids is 3. The van der Waals surface area contributed by atoms with Crippen molar-refractivity contribution in [1.82, 2.24) is 15.5 Å². The molecule has 3 N–H and O–H groups in total. The molecule has 0 saturated heterocycles. The van der Waals surface area contributed by atoms with Crippen LogP contribution in [0.4, 0.5) is 4.79 Å². The van der Waals surface area contributed by atoms with Gasteiger partial charge in [0.15, 0.2) is 0 Å². The number of nitrogens with one attached hydrogen (secondary N) is 2. The summed E-state index contributed by atoms with van der Waals surface area (Å²) in [6.45, 7) is 17.0. The van der Waals surface area contributed by atoms with Gasteiger partial charge in [-0.25, -0.2) is 4.79 Å². The normalized spacial score (nSPS) is 14.8. The molecule has 0 aromatic heterocycles. The number of aryl methyl sites for hydroxylation is 1. The zero-order chi connectivity index (χ0) is 29.2. The van der Waals surface area contributed by atoms with Crippen LogP contribution >= 0.6 is 12.6 Å². The third-order valence-corrected chi connectivity index (χ3v) is 6.63. The average molecular weight is 552 g/mol. The van der Waals surface area contributed by atoms with Gasteiger partial charge in [-0.3, -0.25) is 9.59 Å². The first-order valence-electron chi connectivity index (χ1n) is 13.6. The Morgan fingerprint density at radius 1 is 1.05 bits per heavy atom. The summed E-state index contributed by atoms with van der Waals surface area (Å²) in [7, 11) is 0.